The van der Waals surface area contributed by atoms with Crippen LogP contribution in [0.25, 0.3) is 0 Å². The van der Waals surface area contributed by atoms with Gasteiger partial charge in [-0.05, 0) is 80.8 Å². The number of nitriles is 1. The molecular weight excluding hydrogens is 358 g/mol. The summed E-state index contributed by atoms with van der Waals surface area (Å²) < 4.78 is 5.87. The second-order valence-corrected chi connectivity index (χ2v) is 8.49. The molecule has 3 heteroatoms. The van der Waals surface area contributed by atoms with E-state index < -0.39 is 0 Å². The molecule has 3 nitrogen and oxygen atoms in total. The molecule has 3 rings (SSSR count). The average Bonchev–Trinajstić information content (AvgIpc) is 2.78. The van der Waals surface area contributed by atoms with Crippen LogP contribution in [0.1, 0.15) is 75.3 Å². The lowest BCUT2D eigenvalue weighted by Crippen LogP contribution is -2.29. The fraction of sp³-hybridized carbons (Fsp3) is 0.538. The van der Waals surface area contributed by atoms with Crippen LogP contribution in [0.3, 0.4) is 0 Å². The maximum Gasteiger partial charge on any atom is 0.309 e. The summed E-state index contributed by atoms with van der Waals surface area (Å²) >= 11 is 0. The molecule has 0 amide bonds. The van der Waals surface area contributed by atoms with Gasteiger partial charge < -0.3 is 4.74 Å². The third kappa shape index (κ3) is 6.32. The van der Waals surface area contributed by atoms with Crippen LogP contribution in [0.4, 0.5) is 0 Å². The summed E-state index contributed by atoms with van der Waals surface area (Å²) in [5.41, 5.74) is 2.81. The van der Waals surface area contributed by atoms with Crippen molar-refractivity contribution in [2.45, 2.75) is 76.7 Å². The highest BCUT2D eigenvalue weighted by molar-refractivity contribution is 5.72. The van der Waals surface area contributed by atoms with Gasteiger partial charge in [0.1, 0.15) is 6.10 Å². The van der Waals surface area contributed by atoms with E-state index in [2.05, 4.69) is 37.3 Å². The van der Waals surface area contributed by atoms with Crippen molar-refractivity contribution < 1.29 is 9.53 Å². The quantitative estimate of drug-likeness (QED) is 0.327. The molecule has 0 atom stereocenters. The largest absolute Gasteiger partial charge is 0.462 e. The molecule has 2 aliphatic rings. The number of esters is 1. The fourth-order valence-electron chi connectivity index (χ4n) is 4.67. The van der Waals surface area contributed by atoms with E-state index in [-0.39, 0.29) is 18.0 Å². The van der Waals surface area contributed by atoms with Crippen LogP contribution in [0, 0.1) is 23.2 Å². The van der Waals surface area contributed by atoms with E-state index in [1.54, 1.807) is 6.08 Å². The number of ether oxygens (including phenoxy) is 1. The molecule has 1 aromatic carbocycles. The zero-order valence-corrected chi connectivity index (χ0v) is 17.6. The molecule has 0 aliphatic heterocycles. The maximum atomic E-state index is 12.6. The van der Waals surface area contributed by atoms with Gasteiger partial charge in [0.2, 0.25) is 0 Å². The topological polar surface area (TPSA) is 50.1 Å². The Labute approximate surface area is 175 Å². The summed E-state index contributed by atoms with van der Waals surface area (Å²) in [5, 5.41) is 8.50. The van der Waals surface area contributed by atoms with Gasteiger partial charge in [-0.1, -0.05) is 49.4 Å². The molecule has 1 aromatic rings. The zero-order chi connectivity index (χ0) is 20.5. The van der Waals surface area contributed by atoms with E-state index in [0.29, 0.717) is 11.8 Å². The number of benzene rings is 1. The van der Waals surface area contributed by atoms with E-state index in [4.69, 9.17) is 10.00 Å². The third-order valence-corrected chi connectivity index (χ3v) is 6.59. The summed E-state index contributed by atoms with van der Waals surface area (Å²) in [7, 11) is 0. The molecule has 0 radical (unpaired) electrons. The average molecular weight is 392 g/mol. The van der Waals surface area contributed by atoms with E-state index in [1.807, 2.05) is 12.1 Å². The van der Waals surface area contributed by atoms with Gasteiger partial charge in [0.15, 0.2) is 0 Å². The molecule has 0 aromatic heterocycles. The highest BCUT2D eigenvalue weighted by Crippen LogP contribution is 2.37. The van der Waals surface area contributed by atoms with Gasteiger partial charge in [0.05, 0.1) is 12.0 Å². The lowest BCUT2D eigenvalue weighted by atomic mass is 9.78. The van der Waals surface area contributed by atoms with Crippen molar-refractivity contribution >= 4 is 5.97 Å². The molecule has 0 unspecified atom stereocenters. The number of carbonyl (C=O) groups is 1. The standard InChI is InChI=1S/C26H33NO2/c1-2-20-7-11-22(12-8-20)23-13-15-24(16-14-23)26(28)29-25-17-9-21(10-18-25)6-4-3-5-19-27/h3-8,11-12,21,23-25H,2,9-10,13-18H2,1H3. The Kier molecular flexibility index (Phi) is 8.11. The first-order valence-electron chi connectivity index (χ1n) is 11.2. The zero-order valence-electron chi connectivity index (χ0n) is 17.6. The number of nitrogens with zero attached hydrogens (tertiary/aromatic N) is 1. The van der Waals surface area contributed by atoms with Crippen molar-refractivity contribution in [1.82, 2.24) is 0 Å². The van der Waals surface area contributed by atoms with Crippen LogP contribution in [-0.4, -0.2) is 12.1 Å². The molecular formula is C26H33NO2. The number of carbonyl (C=O) groups excluding carboxylic acids is 1. The molecule has 0 saturated heterocycles. The summed E-state index contributed by atoms with van der Waals surface area (Å²) in [6, 6.07) is 11.0. The van der Waals surface area contributed by atoms with Gasteiger partial charge in [-0.25, -0.2) is 0 Å². The molecule has 2 aliphatic carbocycles. The Bertz CT molecular complexity index is 740. The molecule has 0 heterocycles. The van der Waals surface area contributed by atoms with Crippen LogP contribution < -0.4 is 0 Å². The first-order valence-corrected chi connectivity index (χ1v) is 11.2. The first kappa shape index (κ1) is 21.4. The van der Waals surface area contributed by atoms with E-state index in [9.17, 15) is 4.79 Å². The van der Waals surface area contributed by atoms with Crippen molar-refractivity contribution in [3.8, 4) is 6.07 Å². The van der Waals surface area contributed by atoms with Gasteiger partial charge >= 0.3 is 5.97 Å². The molecule has 29 heavy (non-hydrogen) atoms. The summed E-state index contributed by atoms with van der Waals surface area (Å²) in [6.45, 7) is 2.18. The van der Waals surface area contributed by atoms with Crippen molar-refractivity contribution in [3.05, 3.63) is 59.7 Å². The Morgan fingerprint density at radius 2 is 1.72 bits per heavy atom. The molecule has 0 bridgehead atoms. The van der Waals surface area contributed by atoms with Crippen LogP contribution in [-0.2, 0) is 16.0 Å². The van der Waals surface area contributed by atoms with Gasteiger partial charge in [-0.2, -0.15) is 5.26 Å². The van der Waals surface area contributed by atoms with Crippen molar-refractivity contribution in [2.75, 3.05) is 0 Å². The van der Waals surface area contributed by atoms with Crippen molar-refractivity contribution in [1.29, 1.82) is 5.26 Å². The number of allylic oxidation sites excluding steroid dienone is 4. The van der Waals surface area contributed by atoms with Gasteiger partial charge in [-0.15, -0.1) is 0 Å². The lowest BCUT2D eigenvalue weighted by Gasteiger charge is -2.31. The van der Waals surface area contributed by atoms with Crippen LogP contribution >= 0.6 is 0 Å². The smallest absolute Gasteiger partial charge is 0.309 e. The van der Waals surface area contributed by atoms with Crippen molar-refractivity contribution in [3.63, 3.8) is 0 Å². The predicted octanol–water partition coefficient (Wildman–Crippen LogP) is 6.26. The molecule has 0 N–H and O–H groups in total. The monoisotopic (exact) mass is 391 g/mol. The van der Waals surface area contributed by atoms with E-state index in [0.717, 1.165) is 57.8 Å². The number of hydrogen-bond acceptors (Lipinski definition) is 3. The molecule has 0 spiro atoms. The summed E-state index contributed by atoms with van der Waals surface area (Å²) in [4.78, 5) is 12.6. The summed E-state index contributed by atoms with van der Waals surface area (Å²) in [6.07, 6.45) is 16.6. The van der Waals surface area contributed by atoms with Crippen LogP contribution in [0.2, 0.25) is 0 Å². The van der Waals surface area contributed by atoms with Gasteiger partial charge in [0, 0.05) is 6.08 Å². The number of rotatable bonds is 6. The van der Waals surface area contributed by atoms with E-state index in [1.165, 1.54) is 17.2 Å². The second kappa shape index (κ2) is 11.0. The summed E-state index contributed by atoms with van der Waals surface area (Å²) in [5.74, 6) is 1.22. The Morgan fingerprint density at radius 1 is 1.03 bits per heavy atom. The van der Waals surface area contributed by atoms with Gasteiger partial charge in [-0.3, -0.25) is 4.79 Å². The minimum Gasteiger partial charge on any atom is -0.462 e. The number of hydrogen-bond donors (Lipinski definition) is 0. The maximum absolute atomic E-state index is 12.6. The van der Waals surface area contributed by atoms with Crippen LogP contribution in [0.5, 0.6) is 0 Å². The SMILES string of the molecule is CCc1ccc(C2CCC(C(=O)OC3CCC(C=CC=CC#N)CC3)CC2)cc1. The number of aryl methyl sites for hydroxylation is 1. The Balaban J connectivity index is 1.39. The lowest BCUT2D eigenvalue weighted by molar-refractivity contribution is -0.157. The predicted molar refractivity (Wildman–Crippen MR) is 116 cm³/mol. The minimum absolute atomic E-state index is 0.0285. The van der Waals surface area contributed by atoms with Crippen LogP contribution in [0.15, 0.2) is 48.6 Å². The highest BCUT2D eigenvalue weighted by Gasteiger charge is 2.30. The molecule has 2 fully saturated rings. The van der Waals surface area contributed by atoms with Crippen molar-refractivity contribution in [2.24, 2.45) is 11.8 Å². The van der Waals surface area contributed by atoms with E-state index >= 15 is 0 Å². The second-order valence-electron chi connectivity index (χ2n) is 8.49. The Morgan fingerprint density at radius 3 is 2.34 bits per heavy atom. The molecule has 2 saturated carbocycles. The Hall–Kier alpha value is -2.34. The first-order chi connectivity index (χ1) is 14.2. The minimum atomic E-state index is 0.0285. The normalized spacial score (nSPS) is 27.7. The van der Waals surface area contributed by atoms with Gasteiger partial charge in [0.25, 0.3) is 0 Å². The highest BCUT2D eigenvalue weighted by atomic mass is 16.5. The third-order valence-electron chi connectivity index (χ3n) is 6.59. The molecule has 154 valence electrons. The fourth-order valence-corrected chi connectivity index (χ4v) is 4.67.